The minimum Gasteiger partial charge on any atom is -0.477 e. The molecule has 0 aliphatic carbocycles. The molecule has 0 aliphatic heterocycles. The lowest BCUT2D eigenvalue weighted by Gasteiger charge is -2.07. The third-order valence-corrected chi connectivity index (χ3v) is 1.87. The molecular formula is C9H12N2O2. The van der Waals surface area contributed by atoms with Crippen molar-refractivity contribution in [2.45, 2.75) is 19.4 Å². The van der Waals surface area contributed by atoms with Crippen molar-refractivity contribution in [2.75, 3.05) is 0 Å². The molecule has 0 fully saturated rings. The second-order valence-electron chi connectivity index (χ2n) is 2.80. The highest BCUT2D eigenvalue weighted by molar-refractivity contribution is 5.85. The first-order chi connectivity index (χ1) is 6.15. The van der Waals surface area contributed by atoms with E-state index in [0.29, 0.717) is 0 Å². The fourth-order valence-electron chi connectivity index (χ4n) is 0.987. The Morgan fingerprint density at radius 2 is 2.38 bits per heavy atom. The summed E-state index contributed by atoms with van der Waals surface area (Å²) in [5, 5.41) is 8.58. The van der Waals surface area contributed by atoms with Crippen LogP contribution in [0.3, 0.4) is 0 Å². The number of carbonyl (C=O) groups is 1. The number of carboxylic acid groups (broad SMARTS) is 1. The molecule has 1 aromatic heterocycles. The van der Waals surface area contributed by atoms with Crippen LogP contribution in [0.1, 0.15) is 35.4 Å². The molecule has 70 valence electrons. The monoisotopic (exact) mass is 180 g/mol. The van der Waals surface area contributed by atoms with E-state index in [4.69, 9.17) is 10.8 Å². The largest absolute Gasteiger partial charge is 0.477 e. The first kappa shape index (κ1) is 9.67. The first-order valence-corrected chi connectivity index (χ1v) is 4.10. The molecule has 4 nitrogen and oxygen atoms in total. The smallest absolute Gasteiger partial charge is 0.354 e. The van der Waals surface area contributed by atoms with Crippen molar-refractivity contribution in [3.05, 3.63) is 29.6 Å². The number of hydrogen-bond acceptors (Lipinski definition) is 3. The third-order valence-electron chi connectivity index (χ3n) is 1.87. The Balaban J connectivity index is 2.87. The summed E-state index contributed by atoms with van der Waals surface area (Å²) in [6, 6.07) is 3.10. The normalized spacial score (nSPS) is 12.5. The molecule has 0 radical (unpaired) electrons. The Morgan fingerprint density at radius 3 is 2.77 bits per heavy atom. The van der Waals surface area contributed by atoms with Gasteiger partial charge in [-0.3, -0.25) is 0 Å². The molecule has 0 spiro atoms. The lowest BCUT2D eigenvalue weighted by Crippen LogP contribution is -2.10. The lowest BCUT2D eigenvalue weighted by atomic mass is 10.1. The maximum absolute atomic E-state index is 10.5. The summed E-state index contributed by atoms with van der Waals surface area (Å²) >= 11 is 0. The van der Waals surface area contributed by atoms with Crippen molar-refractivity contribution in [3.63, 3.8) is 0 Å². The van der Waals surface area contributed by atoms with Crippen molar-refractivity contribution in [3.8, 4) is 0 Å². The van der Waals surface area contributed by atoms with Crippen molar-refractivity contribution in [1.29, 1.82) is 0 Å². The zero-order chi connectivity index (χ0) is 9.84. The number of hydrogen-bond donors (Lipinski definition) is 2. The molecule has 1 atom stereocenters. The highest BCUT2D eigenvalue weighted by Crippen LogP contribution is 2.12. The van der Waals surface area contributed by atoms with Gasteiger partial charge >= 0.3 is 5.97 Å². The van der Waals surface area contributed by atoms with Gasteiger partial charge in [0.25, 0.3) is 0 Å². The fraction of sp³-hybridized carbons (Fsp3) is 0.333. The van der Waals surface area contributed by atoms with E-state index in [-0.39, 0.29) is 11.7 Å². The van der Waals surface area contributed by atoms with E-state index in [9.17, 15) is 4.79 Å². The molecular weight excluding hydrogens is 168 g/mol. The number of aromatic carboxylic acids is 1. The standard InChI is InChI=1S/C9H12N2O2/c1-2-7(10)6-3-4-8(9(12)13)11-5-6/h3-5,7H,2,10H2,1H3,(H,12,13)/t7-/m0/s1. The van der Waals surface area contributed by atoms with Crippen LogP contribution in [0.2, 0.25) is 0 Å². The quantitative estimate of drug-likeness (QED) is 0.732. The van der Waals surface area contributed by atoms with Crippen LogP contribution in [-0.4, -0.2) is 16.1 Å². The average Bonchev–Trinajstić information content (AvgIpc) is 2.17. The van der Waals surface area contributed by atoms with Gasteiger partial charge in [-0.05, 0) is 18.1 Å². The van der Waals surface area contributed by atoms with Gasteiger partial charge in [-0.2, -0.15) is 0 Å². The highest BCUT2D eigenvalue weighted by Gasteiger charge is 2.06. The summed E-state index contributed by atoms with van der Waals surface area (Å²) in [7, 11) is 0. The second kappa shape index (κ2) is 4.00. The van der Waals surface area contributed by atoms with Crippen LogP contribution in [0.25, 0.3) is 0 Å². The summed E-state index contributed by atoms with van der Waals surface area (Å²) in [5.74, 6) is -1.02. The van der Waals surface area contributed by atoms with Gasteiger partial charge in [-0.25, -0.2) is 9.78 Å². The molecule has 1 heterocycles. The van der Waals surface area contributed by atoms with Gasteiger partial charge in [0, 0.05) is 12.2 Å². The Kier molecular flexibility index (Phi) is 2.97. The highest BCUT2D eigenvalue weighted by atomic mass is 16.4. The van der Waals surface area contributed by atoms with E-state index < -0.39 is 5.97 Å². The molecule has 0 amide bonds. The number of carboxylic acids is 1. The van der Waals surface area contributed by atoms with Crippen LogP contribution in [0.5, 0.6) is 0 Å². The Bertz CT molecular complexity index is 295. The van der Waals surface area contributed by atoms with Crippen molar-refractivity contribution in [2.24, 2.45) is 5.73 Å². The number of aromatic nitrogens is 1. The minimum atomic E-state index is -1.02. The molecule has 0 unspecified atom stereocenters. The van der Waals surface area contributed by atoms with Crippen LogP contribution in [0.15, 0.2) is 18.3 Å². The molecule has 4 heteroatoms. The summed E-state index contributed by atoms with van der Waals surface area (Å²) in [6.07, 6.45) is 2.33. The molecule has 0 saturated heterocycles. The predicted octanol–water partition coefficient (Wildman–Crippen LogP) is 1.19. The minimum absolute atomic E-state index is 0.0482. The summed E-state index contributed by atoms with van der Waals surface area (Å²) in [6.45, 7) is 1.97. The van der Waals surface area contributed by atoms with Crippen LogP contribution < -0.4 is 5.73 Å². The van der Waals surface area contributed by atoms with Gasteiger partial charge in [-0.15, -0.1) is 0 Å². The van der Waals surface area contributed by atoms with Gasteiger partial charge in [0.05, 0.1) is 0 Å². The van der Waals surface area contributed by atoms with E-state index in [1.54, 1.807) is 6.07 Å². The molecule has 0 saturated carbocycles. The Morgan fingerprint density at radius 1 is 1.69 bits per heavy atom. The van der Waals surface area contributed by atoms with E-state index >= 15 is 0 Å². The van der Waals surface area contributed by atoms with Gasteiger partial charge in [0.15, 0.2) is 0 Å². The summed E-state index contributed by atoms with van der Waals surface area (Å²) in [4.78, 5) is 14.2. The maximum Gasteiger partial charge on any atom is 0.354 e. The topological polar surface area (TPSA) is 76.2 Å². The van der Waals surface area contributed by atoms with E-state index in [2.05, 4.69) is 4.98 Å². The summed E-state index contributed by atoms with van der Waals surface area (Å²) < 4.78 is 0. The molecule has 0 aliphatic rings. The van der Waals surface area contributed by atoms with E-state index in [1.807, 2.05) is 6.92 Å². The van der Waals surface area contributed by atoms with Gasteiger partial charge in [0.2, 0.25) is 0 Å². The number of nitrogens with two attached hydrogens (primary N) is 1. The number of rotatable bonds is 3. The average molecular weight is 180 g/mol. The summed E-state index contributed by atoms with van der Waals surface area (Å²) in [5.41, 5.74) is 6.65. The van der Waals surface area contributed by atoms with E-state index in [1.165, 1.54) is 12.3 Å². The van der Waals surface area contributed by atoms with Crippen molar-refractivity contribution < 1.29 is 9.90 Å². The van der Waals surface area contributed by atoms with Crippen molar-refractivity contribution in [1.82, 2.24) is 4.98 Å². The zero-order valence-electron chi connectivity index (χ0n) is 7.40. The SMILES string of the molecule is CC[C@H](N)c1ccc(C(=O)O)nc1. The number of pyridine rings is 1. The van der Waals surface area contributed by atoms with Crippen LogP contribution in [-0.2, 0) is 0 Å². The Hall–Kier alpha value is -1.42. The van der Waals surface area contributed by atoms with E-state index in [0.717, 1.165) is 12.0 Å². The molecule has 0 aromatic carbocycles. The van der Waals surface area contributed by atoms with Crippen LogP contribution >= 0.6 is 0 Å². The molecule has 0 bridgehead atoms. The molecule has 3 N–H and O–H groups in total. The maximum atomic E-state index is 10.5. The molecule has 1 aromatic rings. The number of nitrogens with zero attached hydrogens (tertiary/aromatic N) is 1. The van der Waals surface area contributed by atoms with Gasteiger partial charge < -0.3 is 10.8 Å². The van der Waals surface area contributed by atoms with Gasteiger partial charge in [-0.1, -0.05) is 13.0 Å². The van der Waals surface area contributed by atoms with Gasteiger partial charge in [0.1, 0.15) is 5.69 Å². The molecule has 1 rings (SSSR count). The fourth-order valence-corrected chi connectivity index (χ4v) is 0.987. The second-order valence-corrected chi connectivity index (χ2v) is 2.80. The first-order valence-electron chi connectivity index (χ1n) is 4.10. The predicted molar refractivity (Wildman–Crippen MR) is 48.4 cm³/mol. The zero-order valence-corrected chi connectivity index (χ0v) is 7.40. The molecule has 13 heavy (non-hydrogen) atoms. The third kappa shape index (κ3) is 2.26. The van der Waals surface area contributed by atoms with Crippen molar-refractivity contribution >= 4 is 5.97 Å². The van der Waals surface area contributed by atoms with Crippen LogP contribution in [0.4, 0.5) is 0 Å². The van der Waals surface area contributed by atoms with Crippen LogP contribution in [0, 0.1) is 0 Å². The lowest BCUT2D eigenvalue weighted by molar-refractivity contribution is 0.0690. The Labute approximate surface area is 76.4 Å².